The highest BCUT2D eigenvalue weighted by Crippen LogP contribution is 2.39. The zero-order chi connectivity index (χ0) is 15.0. The Morgan fingerprint density at radius 2 is 2.10 bits per heavy atom. The molecule has 2 N–H and O–H groups in total. The Bertz CT molecular complexity index is 739. The van der Waals surface area contributed by atoms with Gasteiger partial charge in [0.1, 0.15) is 17.1 Å². The van der Waals surface area contributed by atoms with Crippen LogP contribution in [0.1, 0.15) is 10.4 Å². The lowest BCUT2D eigenvalue weighted by molar-refractivity contribution is 0.102. The minimum Gasteiger partial charge on any atom is -0.454 e. The van der Waals surface area contributed by atoms with Gasteiger partial charge in [-0.1, -0.05) is 15.9 Å². The quantitative estimate of drug-likeness (QED) is 0.781. The van der Waals surface area contributed by atoms with E-state index in [1.54, 1.807) is 25.2 Å². The number of anilines is 1. The summed E-state index contributed by atoms with van der Waals surface area (Å²) < 4.78 is 23.1. The van der Waals surface area contributed by atoms with Crippen LogP contribution in [0.5, 0.6) is 11.5 Å². The molecule has 21 heavy (non-hydrogen) atoms. The monoisotopic (exact) mass is 368 g/mol. The van der Waals surface area contributed by atoms with Crippen LogP contribution in [0.3, 0.4) is 0 Å². The average molecular weight is 369 g/mol. The van der Waals surface area contributed by atoms with Crippen molar-refractivity contribution in [3.63, 3.8) is 0 Å². The number of nitrogens with one attached hydrogen (secondary N) is 2. The number of hydrogen-bond donors (Lipinski definition) is 2. The molecule has 0 saturated carbocycles. The first kappa shape index (κ1) is 14.4. The fourth-order valence-corrected chi connectivity index (χ4v) is 2.99. The van der Waals surface area contributed by atoms with Gasteiger partial charge < -0.3 is 10.1 Å². The summed E-state index contributed by atoms with van der Waals surface area (Å²) in [6, 6.07) is 8.17. The van der Waals surface area contributed by atoms with Crippen molar-refractivity contribution >= 4 is 39.5 Å². The van der Waals surface area contributed by atoms with Crippen molar-refractivity contribution in [2.75, 3.05) is 12.4 Å². The van der Waals surface area contributed by atoms with E-state index in [0.717, 1.165) is 4.90 Å². The van der Waals surface area contributed by atoms with E-state index in [4.69, 9.17) is 4.74 Å². The summed E-state index contributed by atoms with van der Waals surface area (Å²) in [6.45, 7) is 0. The van der Waals surface area contributed by atoms with E-state index in [9.17, 15) is 9.18 Å². The molecule has 0 radical (unpaired) electrons. The number of hydrogen-bond acceptors (Lipinski definition) is 4. The molecule has 0 atom stereocenters. The van der Waals surface area contributed by atoms with Crippen LogP contribution in [0.4, 0.5) is 10.1 Å². The normalized spacial score (nSPS) is 12.8. The molecule has 0 saturated heterocycles. The summed E-state index contributed by atoms with van der Waals surface area (Å²) in [4.78, 5) is 13.1. The van der Waals surface area contributed by atoms with Crippen molar-refractivity contribution in [2.45, 2.75) is 4.90 Å². The third kappa shape index (κ3) is 2.76. The first-order valence-electron chi connectivity index (χ1n) is 6.04. The van der Waals surface area contributed by atoms with Gasteiger partial charge in [0.25, 0.3) is 5.91 Å². The molecule has 2 aromatic carbocycles. The molecule has 1 heterocycles. The summed E-state index contributed by atoms with van der Waals surface area (Å²) in [5.41, 5.74) is 0.407. The fourth-order valence-electron chi connectivity index (χ4n) is 2.03. The van der Waals surface area contributed by atoms with Crippen LogP contribution in [0.2, 0.25) is 0 Å². The van der Waals surface area contributed by atoms with Gasteiger partial charge >= 0.3 is 0 Å². The third-order valence-electron chi connectivity index (χ3n) is 2.88. The molecular formula is C14H10BrFN2O2S. The van der Waals surface area contributed by atoms with Gasteiger partial charge in [-0.05, 0) is 49.3 Å². The molecule has 108 valence electrons. The molecule has 1 aliphatic heterocycles. The highest BCUT2D eigenvalue weighted by atomic mass is 79.9. The molecule has 0 fully saturated rings. The molecule has 7 heteroatoms. The second kappa shape index (κ2) is 5.67. The Kier molecular flexibility index (Phi) is 3.88. The number of carbonyl (C=O) groups is 1. The Hall–Kier alpha value is -1.57. The molecular weight excluding hydrogens is 359 g/mol. The number of halogens is 2. The molecule has 0 spiro atoms. The topological polar surface area (TPSA) is 50.4 Å². The van der Waals surface area contributed by atoms with Crippen LogP contribution in [0, 0.1) is 5.82 Å². The predicted octanol–water partition coefficient (Wildman–Crippen LogP) is 4.17. The van der Waals surface area contributed by atoms with Crippen molar-refractivity contribution in [2.24, 2.45) is 0 Å². The molecule has 2 aromatic rings. The van der Waals surface area contributed by atoms with Crippen molar-refractivity contribution in [3.8, 4) is 11.5 Å². The van der Waals surface area contributed by atoms with Crippen LogP contribution in [0.15, 0.2) is 39.7 Å². The smallest absolute Gasteiger partial charge is 0.262 e. The number of carbonyl (C=O) groups excluding carboxylic acids is 1. The standard InChI is InChI=1S/C14H10BrFN2O2S/c1-17-21-8-2-3-11-10(6-8)18-14(19)13-9(16)4-7(15)5-12(13)20-11/h2-6,17H,1H3,(H,18,19). The van der Waals surface area contributed by atoms with E-state index < -0.39 is 11.7 Å². The summed E-state index contributed by atoms with van der Waals surface area (Å²) in [6.07, 6.45) is 0. The molecule has 0 unspecified atom stereocenters. The SMILES string of the molecule is CNSc1ccc2c(c1)NC(=O)c1c(F)cc(Br)cc1O2. The van der Waals surface area contributed by atoms with E-state index in [2.05, 4.69) is 26.0 Å². The van der Waals surface area contributed by atoms with Gasteiger partial charge in [-0.3, -0.25) is 9.52 Å². The zero-order valence-corrected chi connectivity index (χ0v) is 13.3. The molecule has 0 aromatic heterocycles. The summed E-state index contributed by atoms with van der Waals surface area (Å²) in [5, 5.41) is 2.68. The lowest BCUT2D eigenvalue weighted by Gasteiger charge is -2.09. The third-order valence-corrected chi connectivity index (χ3v) is 4.04. The van der Waals surface area contributed by atoms with Gasteiger partial charge in [0, 0.05) is 9.37 Å². The summed E-state index contributed by atoms with van der Waals surface area (Å²) in [7, 11) is 1.80. The summed E-state index contributed by atoms with van der Waals surface area (Å²) in [5.74, 6) is -0.498. The van der Waals surface area contributed by atoms with Crippen LogP contribution in [-0.2, 0) is 0 Å². The number of ether oxygens (including phenoxy) is 1. The zero-order valence-electron chi connectivity index (χ0n) is 10.9. The number of amides is 1. The molecule has 4 nitrogen and oxygen atoms in total. The number of fused-ring (bicyclic) bond motifs is 2. The number of benzene rings is 2. The van der Waals surface area contributed by atoms with Gasteiger partial charge in [0.15, 0.2) is 5.75 Å². The fraction of sp³-hybridized carbons (Fsp3) is 0.0714. The molecule has 1 aliphatic rings. The van der Waals surface area contributed by atoms with Crippen molar-refractivity contribution in [1.29, 1.82) is 0 Å². The van der Waals surface area contributed by atoms with Crippen molar-refractivity contribution in [3.05, 3.63) is 46.2 Å². The van der Waals surface area contributed by atoms with E-state index in [1.807, 2.05) is 6.07 Å². The lowest BCUT2D eigenvalue weighted by Crippen LogP contribution is -2.12. The maximum Gasteiger partial charge on any atom is 0.262 e. The maximum absolute atomic E-state index is 14.0. The van der Waals surface area contributed by atoms with E-state index in [0.29, 0.717) is 15.9 Å². The van der Waals surface area contributed by atoms with E-state index in [-0.39, 0.29) is 11.3 Å². The Morgan fingerprint density at radius 3 is 2.86 bits per heavy atom. The van der Waals surface area contributed by atoms with Crippen LogP contribution in [0.25, 0.3) is 0 Å². The largest absolute Gasteiger partial charge is 0.454 e. The minimum absolute atomic E-state index is 0.0998. The van der Waals surface area contributed by atoms with E-state index >= 15 is 0 Å². The van der Waals surface area contributed by atoms with Gasteiger partial charge in [0.2, 0.25) is 0 Å². The Morgan fingerprint density at radius 1 is 1.29 bits per heavy atom. The van der Waals surface area contributed by atoms with Crippen LogP contribution < -0.4 is 14.8 Å². The van der Waals surface area contributed by atoms with Crippen molar-refractivity contribution < 1.29 is 13.9 Å². The van der Waals surface area contributed by atoms with Gasteiger partial charge in [0.05, 0.1) is 5.69 Å². The second-order valence-electron chi connectivity index (χ2n) is 4.28. The highest BCUT2D eigenvalue weighted by molar-refractivity contribution is 9.10. The molecule has 0 aliphatic carbocycles. The highest BCUT2D eigenvalue weighted by Gasteiger charge is 2.25. The minimum atomic E-state index is -0.630. The second-order valence-corrected chi connectivity index (χ2v) is 6.28. The van der Waals surface area contributed by atoms with Gasteiger partial charge in [-0.15, -0.1) is 0 Å². The van der Waals surface area contributed by atoms with Crippen molar-refractivity contribution in [1.82, 2.24) is 4.72 Å². The van der Waals surface area contributed by atoms with Crippen LogP contribution in [-0.4, -0.2) is 13.0 Å². The Labute approximate surface area is 133 Å². The molecule has 3 rings (SSSR count). The Balaban J connectivity index is 2.09. The maximum atomic E-state index is 14.0. The first-order valence-corrected chi connectivity index (χ1v) is 7.65. The predicted molar refractivity (Wildman–Crippen MR) is 83.5 cm³/mol. The molecule has 0 bridgehead atoms. The van der Waals surface area contributed by atoms with Gasteiger partial charge in [-0.25, -0.2) is 4.39 Å². The first-order chi connectivity index (χ1) is 10.1. The van der Waals surface area contributed by atoms with E-state index in [1.165, 1.54) is 18.0 Å². The average Bonchev–Trinajstić information content (AvgIpc) is 2.54. The molecule has 1 amide bonds. The van der Waals surface area contributed by atoms with Gasteiger partial charge in [-0.2, -0.15) is 0 Å². The lowest BCUT2D eigenvalue weighted by atomic mass is 10.2. The number of rotatable bonds is 2. The van der Waals surface area contributed by atoms with Crippen LogP contribution >= 0.6 is 27.9 Å². The summed E-state index contributed by atoms with van der Waals surface area (Å²) >= 11 is 4.60.